The van der Waals surface area contributed by atoms with E-state index in [-0.39, 0.29) is 16.8 Å². The number of aromatic nitrogens is 1. The van der Waals surface area contributed by atoms with Crippen molar-refractivity contribution in [3.05, 3.63) is 18.0 Å². The monoisotopic (exact) mass is 297 g/mol. The molecular weight excluding hydrogens is 278 g/mol. The van der Waals surface area contributed by atoms with Crippen molar-refractivity contribution in [3.63, 3.8) is 0 Å². The lowest BCUT2D eigenvalue weighted by atomic mass is 10.2. The number of rotatable bonds is 3. The quantitative estimate of drug-likeness (QED) is 0.886. The van der Waals surface area contributed by atoms with E-state index in [2.05, 4.69) is 5.32 Å². The fourth-order valence-electron chi connectivity index (χ4n) is 3.03. The molecule has 1 aliphatic heterocycles. The second-order valence-corrected chi connectivity index (χ2v) is 7.46. The summed E-state index contributed by atoms with van der Waals surface area (Å²) in [5.74, 6) is 0.262. The van der Waals surface area contributed by atoms with Gasteiger partial charge in [0.1, 0.15) is 10.6 Å². The van der Waals surface area contributed by atoms with Gasteiger partial charge in [0.15, 0.2) is 0 Å². The number of fused-ring (bicyclic) bond motifs is 1. The molecule has 0 radical (unpaired) electrons. The van der Waals surface area contributed by atoms with Crippen LogP contribution >= 0.6 is 0 Å². The van der Waals surface area contributed by atoms with Crippen molar-refractivity contribution in [3.8, 4) is 0 Å². The molecule has 110 valence electrons. The lowest BCUT2D eigenvalue weighted by Crippen LogP contribution is -2.37. The predicted molar refractivity (Wildman–Crippen MR) is 73.8 cm³/mol. The molecule has 6 nitrogen and oxygen atoms in total. The summed E-state index contributed by atoms with van der Waals surface area (Å²) in [4.78, 5) is 11.9. The zero-order chi connectivity index (χ0) is 14.5. The fraction of sp³-hybridized carbons (Fsp3) is 0.615. The minimum Gasteiger partial charge on any atom is -0.354 e. The van der Waals surface area contributed by atoms with Crippen molar-refractivity contribution in [2.24, 2.45) is 13.0 Å². The molecule has 20 heavy (non-hydrogen) atoms. The second-order valence-electron chi connectivity index (χ2n) is 5.57. The van der Waals surface area contributed by atoms with Gasteiger partial charge in [-0.1, -0.05) is 0 Å². The van der Waals surface area contributed by atoms with E-state index in [0.717, 1.165) is 19.3 Å². The Morgan fingerprint density at radius 1 is 1.45 bits per heavy atom. The number of aryl methyl sites for hydroxylation is 1. The predicted octanol–water partition coefficient (Wildman–Crippen LogP) is 0.558. The van der Waals surface area contributed by atoms with Crippen molar-refractivity contribution in [2.45, 2.75) is 30.2 Å². The summed E-state index contributed by atoms with van der Waals surface area (Å²) in [6.07, 6.45) is 4.56. The number of sulfonamides is 1. The standard InChI is InChI=1S/C13H19N3O3S/c1-14-13(17)12-7-10(8-15(12)2)20(18,19)16-5-3-4-9-6-11(9)16/h7-9,11H,3-6H2,1-2H3,(H,14,17)/t9-,11+/m1/s1. The Kier molecular flexibility index (Phi) is 3.13. The average molecular weight is 297 g/mol. The number of hydrogen-bond donors (Lipinski definition) is 1. The molecular formula is C13H19N3O3S. The van der Waals surface area contributed by atoms with Gasteiger partial charge in [0, 0.05) is 32.9 Å². The van der Waals surface area contributed by atoms with Gasteiger partial charge in [0.2, 0.25) is 10.0 Å². The van der Waals surface area contributed by atoms with E-state index in [1.165, 1.54) is 19.3 Å². The number of amides is 1. The molecule has 1 amide bonds. The summed E-state index contributed by atoms with van der Waals surface area (Å²) in [5, 5.41) is 2.52. The van der Waals surface area contributed by atoms with Gasteiger partial charge in [0.25, 0.3) is 5.91 Å². The van der Waals surface area contributed by atoms with Gasteiger partial charge in [-0.05, 0) is 31.2 Å². The highest BCUT2D eigenvalue weighted by Crippen LogP contribution is 2.45. The number of nitrogens with zero attached hydrogens (tertiary/aromatic N) is 2. The molecule has 1 N–H and O–H groups in total. The van der Waals surface area contributed by atoms with E-state index in [4.69, 9.17) is 0 Å². The summed E-state index contributed by atoms with van der Waals surface area (Å²) < 4.78 is 28.5. The maximum Gasteiger partial charge on any atom is 0.267 e. The molecule has 0 spiro atoms. The smallest absolute Gasteiger partial charge is 0.267 e. The Balaban J connectivity index is 1.93. The maximum absolute atomic E-state index is 12.7. The van der Waals surface area contributed by atoms with Crippen molar-refractivity contribution < 1.29 is 13.2 Å². The second kappa shape index (κ2) is 4.60. The van der Waals surface area contributed by atoms with E-state index in [1.807, 2.05) is 0 Å². The molecule has 0 aromatic carbocycles. The SMILES string of the molecule is CNC(=O)c1cc(S(=O)(=O)N2CCC[C@@H]3C[C@@H]32)cn1C. The topological polar surface area (TPSA) is 71.4 Å². The molecule has 0 unspecified atom stereocenters. The van der Waals surface area contributed by atoms with Gasteiger partial charge in [-0.3, -0.25) is 4.79 Å². The molecule has 1 saturated carbocycles. The molecule has 1 aliphatic carbocycles. The summed E-state index contributed by atoms with van der Waals surface area (Å²) in [5.41, 5.74) is 0.357. The molecule has 1 aromatic rings. The van der Waals surface area contributed by atoms with Crippen molar-refractivity contribution in [1.29, 1.82) is 0 Å². The first kappa shape index (κ1) is 13.6. The Labute approximate surface area is 118 Å². The minimum absolute atomic E-state index is 0.178. The molecule has 1 saturated heterocycles. The zero-order valence-corrected chi connectivity index (χ0v) is 12.5. The Bertz CT molecular complexity index is 650. The van der Waals surface area contributed by atoms with Crippen molar-refractivity contribution >= 4 is 15.9 Å². The van der Waals surface area contributed by atoms with E-state index < -0.39 is 10.0 Å². The minimum atomic E-state index is -3.48. The van der Waals surface area contributed by atoms with E-state index in [0.29, 0.717) is 18.2 Å². The van der Waals surface area contributed by atoms with Crippen LogP contribution in [0.5, 0.6) is 0 Å². The molecule has 1 aromatic heterocycles. The third kappa shape index (κ3) is 2.05. The summed E-state index contributed by atoms with van der Waals surface area (Å²) >= 11 is 0. The maximum atomic E-state index is 12.7. The lowest BCUT2D eigenvalue weighted by molar-refractivity contribution is 0.0955. The lowest BCUT2D eigenvalue weighted by Gasteiger charge is -2.25. The van der Waals surface area contributed by atoms with E-state index in [9.17, 15) is 13.2 Å². The molecule has 2 fully saturated rings. The summed E-state index contributed by atoms with van der Waals surface area (Å²) in [6.45, 7) is 0.591. The molecule has 2 aliphatic rings. The Hall–Kier alpha value is -1.34. The highest BCUT2D eigenvalue weighted by molar-refractivity contribution is 7.89. The molecule has 2 atom stereocenters. The normalized spacial score (nSPS) is 26.1. The van der Waals surface area contributed by atoms with Crippen LogP contribution in [0.2, 0.25) is 0 Å². The molecule has 7 heteroatoms. The fourth-order valence-corrected chi connectivity index (χ4v) is 4.84. The van der Waals surface area contributed by atoms with Gasteiger partial charge in [0.05, 0.1) is 0 Å². The number of nitrogens with one attached hydrogen (secondary N) is 1. The van der Waals surface area contributed by atoms with Crippen LogP contribution < -0.4 is 5.32 Å². The van der Waals surface area contributed by atoms with Crippen LogP contribution in [0, 0.1) is 5.92 Å². The Morgan fingerprint density at radius 3 is 2.90 bits per heavy atom. The van der Waals surface area contributed by atoms with Crippen LogP contribution in [0.3, 0.4) is 0 Å². The highest BCUT2D eigenvalue weighted by Gasteiger charge is 2.49. The number of carbonyl (C=O) groups is 1. The molecule has 2 heterocycles. The van der Waals surface area contributed by atoms with Gasteiger partial charge >= 0.3 is 0 Å². The first-order chi connectivity index (χ1) is 9.45. The average Bonchev–Trinajstić information content (AvgIpc) is 3.11. The third-order valence-electron chi connectivity index (χ3n) is 4.25. The van der Waals surface area contributed by atoms with Gasteiger partial charge in [-0.15, -0.1) is 0 Å². The van der Waals surface area contributed by atoms with Crippen LogP contribution in [0.15, 0.2) is 17.2 Å². The number of hydrogen-bond acceptors (Lipinski definition) is 3. The zero-order valence-electron chi connectivity index (χ0n) is 11.7. The van der Waals surface area contributed by atoms with Gasteiger partial charge < -0.3 is 9.88 Å². The third-order valence-corrected chi connectivity index (χ3v) is 6.14. The Morgan fingerprint density at radius 2 is 2.20 bits per heavy atom. The van der Waals surface area contributed by atoms with Gasteiger partial charge in [-0.25, -0.2) is 8.42 Å². The van der Waals surface area contributed by atoms with Crippen LogP contribution in [0.25, 0.3) is 0 Å². The van der Waals surface area contributed by atoms with Crippen molar-refractivity contribution in [2.75, 3.05) is 13.6 Å². The van der Waals surface area contributed by atoms with Crippen LogP contribution in [0.1, 0.15) is 29.8 Å². The summed E-state index contributed by atoms with van der Waals surface area (Å²) in [6, 6.07) is 1.64. The largest absolute Gasteiger partial charge is 0.354 e. The molecule has 0 bridgehead atoms. The number of piperidine rings is 1. The van der Waals surface area contributed by atoms with Crippen molar-refractivity contribution in [1.82, 2.24) is 14.2 Å². The first-order valence-electron chi connectivity index (χ1n) is 6.85. The van der Waals surface area contributed by atoms with Gasteiger partial charge in [-0.2, -0.15) is 4.31 Å². The summed E-state index contributed by atoms with van der Waals surface area (Å²) in [7, 11) is -0.269. The first-order valence-corrected chi connectivity index (χ1v) is 8.29. The highest BCUT2D eigenvalue weighted by atomic mass is 32.2. The van der Waals surface area contributed by atoms with E-state index >= 15 is 0 Å². The molecule has 3 rings (SSSR count). The number of carbonyl (C=O) groups excluding carboxylic acids is 1. The van der Waals surface area contributed by atoms with Crippen LogP contribution in [-0.2, 0) is 17.1 Å². The van der Waals surface area contributed by atoms with Crippen LogP contribution in [0.4, 0.5) is 0 Å². The van der Waals surface area contributed by atoms with Crippen LogP contribution in [-0.4, -0.2) is 42.8 Å². The van der Waals surface area contributed by atoms with E-state index in [1.54, 1.807) is 15.9 Å².